The van der Waals surface area contributed by atoms with Gasteiger partial charge in [0, 0.05) is 28.8 Å². The zero-order valence-corrected chi connectivity index (χ0v) is 16.8. The third-order valence-corrected chi connectivity index (χ3v) is 5.65. The zero-order chi connectivity index (χ0) is 19.0. The molecule has 0 fully saturated rings. The number of methoxy groups -OCH3 is 1. The van der Waals surface area contributed by atoms with Crippen LogP contribution in [0, 0.1) is 5.92 Å². The Kier molecular flexibility index (Phi) is 4.79. The summed E-state index contributed by atoms with van der Waals surface area (Å²) in [5.74, 6) is 1.28. The highest BCUT2D eigenvalue weighted by atomic mass is 32.1. The maximum Gasteiger partial charge on any atom is 0.174 e. The molecule has 2 aromatic carbocycles. The second-order valence-electron chi connectivity index (χ2n) is 7.35. The van der Waals surface area contributed by atoms with Crippen LogP contribution in [0.25, 0.3) is 10.9 Å². The number of hydrogen-bond donors (Lipinski definition) is 2. The van der Waals surface area contributed by atoms with Crippen molar-refractivity contribution in [1.29, 1.82) is 0 Å². The largest absolute Gasteiger partial charge is 0.497 e. The molecule has 3 aromatic rings. The Bertz CT molecular complexity index is 961. The van der Waals surface area contributed by atoms with Gasteiger partial charge in [-0.3, -0.25) is 0 Å². The fraction of sp³-hybridized carbons (Fsp3) is 0.318. The summed E-state index contributed by atoms with van der Waals surface area (Å²) in [6.45, 7) is 5.43. The Morgan fingerprint density at radius 3 is 2.63 bits per heavy atom. The van der Waals surface area contributed by atoms with Crippen molar-refractivity contribution in [3.8, 4) is 5.75 Å². The van der Waals surface area contributed by atoms with Gasteiger partial charge in [-0.2, -0.15) is 0 Å². The number of rotatable bonds is 3. The minimum absolute atomic E-state index is 0.236. The Balaban J connectivity index is 1.63. The van der Waals surface area contributed by atoms with Crippen molar-refractivity contribution in [1.82, 2.24) is 9.88 Å². The number of aromatic amines is 1. The van der Waals surface area contributed by atoms with Crippen LogP contribution in [0.1, 0.15) is 31.1 Å². The molecular formula is C22H25N3OS. The molecule has 1 aliphatic rings. The van der Waals surface area contributed by atoms with Crippen LogP contribution in [0.2, 0.25) is 0 Å². The predicted molar refractivity (Wildman–Crippen MR) is 116 cm³/mol. The number of fused-ring (bicyclic) bond motifs is 3. The molecule has 1 atom stereocenters. The van der Waals surface area contributed by atoms with E-state index >= 15 is 0 Å². The van der Waals surface area contributed by atoms with Crippen LogP contribution < -0.4 is 10.1 Å². The van der Waals surface area contributed by atoms with Gasteiger partial charge in [-0.1, -0.05) is 32.0 Å². The molecule has 1 aliphatic heterocycles. The van der Waals surface area contributed by atoms with Gasteiger partial charge in [-0.15, -0.1) is 0 Å². The van der Waals surface area contributed by atoms with Gasteiger partial charge in [-0.05, 0) is 60.5 Å². The Hall–Kier alpha value is -2.53. The number of hydrogen-bond acceptors (Lipinski definition) is 2. The Morgan fingerprint density at radius 1 is 1.19 bits per heavy atom. The molecule has 5 heteroatoms. The number of thiocarbonyl (C=S) groups is 1. The SMILES string of the molecule is COc1ccc(NC(=S)N2CCc3c([nH]c4ccccc34)[C@H]2C(C)C)cc1. The van der Waals surface area contributed by atoms with Crippen molar-refractivity contribution in [2.75, 3.05) is 19.0 Å². The van der Waals surface area contributed by atoms with Crippen LogP contribution in [-0.2, 0) is 6.42 Å². The first-order chi connectivity index (χ1) is 13.1. The first-order valence-electron chi connectivity index (χ1n) is 9.39. The Morgan fingerprint density at radius 2 is 1.93 bits per heavy atom. The van der Waals surface area contributed by atoms with Gasteiger partial charge < -0.3 is 19.9 Å². The summed E-state index contributed by atoms with van der Waals surface area (Å²) in [7, 11) is 1.67. The average Bonchev–Trinajstić information content (AvgIpc) is 3.06. The lowest BCUT2D eigenvalue weighted by molar-refractivity contribution is 0.237. The van der Waals surface area contributed by atoms with Gasteiger partial charge in [-0.25, -0.2) is 0 Å². The van der Waals surface area contributed by atoms with E-state index in [1.54, 1.807) is 7.11 Å². The van der Waals surface area contributed by atoms with E-state index in [0.717, 1.165) is 29.5 Å². The van der Waals surface area contributed by atoms with Crippen molar-refractivity contribution in [3.05, 3.63) is 59.8 Å². The topological polar surface area (TPSA) is 40.3 Å². The lowest BCUT2D eigenvalue weighted by Gasteiger charge is -2.40. The van der Waals surface area contributed by atoms with Gasteiger partial charge >= 0.3 is 0 Å². The van der Waals surface area contributed by atoms with E-state index in [-0.39, 0.29) is 6.04 Å². The quantitative estimate of drug-likeness (QED) is 0.619. The Labute approximate surface area is 165 Å². The summed E-state index contributed by atoms with van der Waals surface area (Å²) in [5.41, 5.74) is 4.93. The molecule has 0 radical (unpaired) electrons. The van der Waals surface area contributed by atoms with Crippen molar-refractivity contribution in [2.24, 2.45) is 5.92 Å². The first kappa shape index (κ1) is 17.9. The minimum atomic E-state index is 0.236. The van der Waals surface area contributed by atoms with E-state index in [1.807, 2.05) is 24.3 Å². The number of benzene rings is 2. The highest BCUT2D eigenvalue weighted by molar-refractivity contribution is 7.80. The molecule has 1 aromatic heterocycles. The second-order valence-corrected chi connectivity index (χ2v) is 7.74. The molecule has 2 N–H and O–H groups in total. The molecule has 0 unspecified atom stereocenters. The maximum atomic E-state index is 5.79. The van der Waals surface area contributed by atoms with Gasteiger partial charge in [0.15, 0.2) is 5.11 Å². The fourth-order valence-electron chi connectivity index (χ4n) is 4.06. The number of aromatic nitrogens is 1. The number of H-pyrrole nitrogens is 1. The van der Waals surface area contributed by atoms with Gasteiger partial charge in [0.1, 0.15) is 5.75 Å². The lowest BCUT2D eigenvalue weighted by atomic mass is 9.90. The molecule has 140 valence electrons. The van der Waals surface area contributed by atoms with E-state index in [1.165, 1.54) is 22.2 Å². The highest BCUT2D eigenvalue weighted by Gasteiger charge is 2.33. The van der Waals surface area contributed by atoms with E-state index < -0.39 is 0 Å². The van der Waals surface area contributed by atoms with Crippen molar-refractivity contribution >= 4 is 33.9 Å². The number of ether oxygens (including phenoxy) is 1. The molecule has 0 aliphatic carbocycles. The monoisotopic (exact) mass is 379 g/mol. The van der Waals surface area contributed by atoms with E-state index in [4.69, 9.17) is 17.0 Å². The van der Waals surface area contributed by atoms with Crippen LogP contribution in [0.15, 0.2) is 48.5 Å². The van der Waals surface area contributed by atoms with Crippen LogP contribution in [0.4, 0.5) is 5.69 Å². The van der Waals surface area contributed by atoms with Gasteiger partial charge in [0.2, 0.25) is 0 Å². The number of nitrogens with one attached hydrogen (secondary N) is 2. The van der Waals surface area contributed by atoms with E-state index in [2.05, 4.69) is 53.3 Å². The molecule has 27 heavy (non-hydrogen) atoms. The molecule has 0 saturated heterocycles. The smallest absolute Gasteiger partial charge is 0.174 e. The number of nitrogens with zero attached hydrogens (tertiary/aromatic N) is 1. The maximum absolute atomic E-state index is 5.79. The standard InChI is InChI=1S/C22H25N3OS/c1-14(2)21-20-18(17-6-4-5-7-19(17)24-20)12-13-25(21)22(27)23-15-8-10-16(26-3)11-9-15/h4-11,14,21,24H,12-13H2,1-3H3,(H,23,27)/t21-/m1/s1. The molecule has 0 bridgehead atoms. The summed E-state index contributed by atoms with van der Waals surface area (Å²) in [6.07, 6.45) is 0.993. The second kappa shape index (κ2) is 7.24. The van der Waals surface area contributed by atoms with Crippen molar-refractivity contribution in [2.45, 2.75) is 26.3 Å². The van der Waals surface area contributed by atoms with Crippen LogP contribution in [0.5, 0.6) is 5.75 Å². The fourth-order valence-corrected chi connectivity index (χ4v) is 4.38. The normalized spacial score (nSPS) is 16.4. The van der Waals surface area contributed by atoms with Gasteiger partial charge in [0.05, 0.1) is 13.2 Å². The summed E-state index contributed by atoms with van der Waals surface area (Å²) in [5, 5.41) is 5.51. The lowest BCUT2D eigenvalue weighted by Crippen LogP contribution is -2.44. The van der Waals surface area contributed by atoms with Crippen LogP contribution in [0.3, 0.4) is 0 Å². The van der Waals surface area contributed by atoms with Gasteiger partial charge in [0.25, 0.3) is 0 Å². The highest BCUT2D eigenvalue weighted by Crippen LogP contribution is 2.38. The predicted octanol–water partition coefficient (Wildman–Crippen LogP) is 5.13. The first-order valence-corrected chi connectivity index (χ1v) is 9.80. The summed E-state index contributed by atoms with van der Waals surface area (Å²) >= 11 is 5.79. The molecular weight excluding hydrogens is 354 g/mol. The minimum Gasteiger partial charge on any atom is -0.497 e. The van der Waals surface area contributed by atoms with Crippen molar-refractivity contribution < 1.29 is 4.74 Å². The third-order valence-electron chi connectivity index (χ3n) is 5.31. The number of para-hydroxylation sites is 1. The van der Waals surface area contributed by atoms with E-state index in [0.29, 0.717) is 5.92 Å². The van der Waals surface area contributed by atoms with E-state index in [9.17, 15) is 0 Å². The van der Waals surface area contributed by atoms with Crippen LogP contribution in [-0.4, -0.2) is 28.7 Å². The molecule has 4 rings (SSSR count). The molecule has 0 saturated carbocycles. The summed E-state index contributed by atoms with van der Waals surface area (Å²) in [4.78, 5) is 5.99. The molecule has 0 amide bonds. The average molecular weight is 380 g/mol. The summed E-state index contributed by atoms with van der Waals surface area (Å²) in [6, 6.07) is 16.7. The molecule has 4 nitrogen and oxygen atoms in total. The number of anilines is 1. The van der Waals surface area contributed by atoms with Crippen LogP contribution >= 0.6 is 12.2 Å². The third kappa shape index (κ3) is 3.28. The molecule has 2 heterocycles. The van der Waals surface area contributed by atoms with Crippen molar-refractivity contribution in [3.63, 3.8) is 0 Å². The summed E-state index contributed by atoms with van der Waals surface area (Å²) < 4.78 is 5.23. The zero-order valence-electron chi connectivity index (χ0n) is 16.0. The molecule has 0 spiro atoms.